The summed E-state index contributed by atoms with van der Waals surface area (Å²) in [5.41, 5.74) is 5.13. The van der Waals surface area contributed by atoms with E-state index in [0.29, 0.717) is 0 Å². The zero-order valence-electron chi connectivity index (χ0n) is 14.5. The van der Waals surface area contributed by atoms with Gasteiger partial charge in [-0.15, -0.1) is 0 Å². The van der Waals surface area contributed by atoms with Crippen molar-refractivity contribution >= 4 is 42.3 Å². The molecule has 0 saturated heterocycles. The van der Waals surface area contributed by atoms with E-state index in [-0.39, 0.29) is 12.2 Å². The molecule has 0 heterocycles. The van der Waals surface area contributed by atoms with Gasteiger partial charge in [0, 0.05) is 12.2 Å². The molecule has 12 nitrogen and oxygen atoms in total. The molecule has 3 amide bonds. The zero-order valence-corrected chi connectivity index (χ0v) is 15.4. The molecule has 0 aromatic heterocycles. The van der Waals surface area contributed by atoms with Gasteiger partial charge in [-0.05, 0) is 13.3 Å². The van der Waals surface area contributed by atoms with Crippen molar-refractivity contribution < 1.29 is 39.3 Å². The SMILES string of the molecule is CC(O)C(NC(=O)CN)C(=O)NC(CS)C(=O)NC(CCC(=O)O)C(=O)O. The van der Waals surface area contributed by atoms with Crippen LogP contribution in [-0.2, 0) is 24.0 Å². The van der Waals surface area contributed by atoms with Crippen molar-refractivity contribution in [1.29, 1.82) is 0 Å². The van der Waals surface area contributed by atoms with Gasteiger partial charge in [0.2, 0.25) is 17.7 Å². The van der Waals surface area contributed by atoms with E-state index in [1.165, 1.54) is 6.92 Å². The highest BCUT2D eigenvalue weighted by Gasteiger charge is 2.30. The van der Waals surface area contributed by atoms with Gasteiger partial charge < -0.3 is 37.0 Å². The molecule has 27 heavy (non-hydrogen) atoms. The van der Waals surface area contributed by atoms with Gasteiger partial charge >= 0.3 is 11.9 Å². The first-order valence-electron chi connectivity index (χ1n) is 7.87. The molecule has 0 spiro atoms. The molecule has 0 aromatic carbocycles. The van der Waals surface area contributed by atoms with Crippen LogP contribution in [0.2, 0.25) is 0 Å². The van der Waals surface area contributed by atoms with E-state index < -0.39 is 66.9 Å². The summed E-state index contributed by atoms with van der Waals surface area (Å²) in [5, 5.41) is 33.8. The molecule has 0 bridgehead atoms. The minimum atomic E-state index is -1.47. The van der Waals surface area contributed by atoms with E-state index in [9.17, 15) is 29.1 Å². The van der Waals surface area contributed by atoms with Crippen LogP contribution in [0.25, 0.3) is 0 Å². The Labute approximate surface area is 160 Å². The third-order valence-corrected chi connectivity index (χ3v) is 3.71. The van der Waals surface area contributed by atoms with Gasteiger partial charge in [0.25, 0.3) is 0 Å². The molecule has 13 heteroatoms. The topological polar surface area (TPSA) is 208 Å². The summed E-state index contributed by atoms with van der Waals surface area (Å²) in [7, 11) is 0. The quantitative estimate of drug-likeness (QED) is 0.152. The lowest BCUT2D eigenvalue weighted by Crippen LogP contribution is -2.59. The van der Waals surface area contributed by atoms with Gasteiger partial charge in [0.1, 0.15) is 18.1 Å². The normalized spacial score (nSPS) is 15.0. The molecule has 4 atom stereocenters. The van der Waals surface area contributed by atoms with Crippen LogP contribution in [0, 0.1) is 0 Å². The Kier molecular flexibility index (Phi) is 11.0. The smallest absolute Gasteiger partial charge is 0.326 e. The van der Waals surface area contributed by atoms with Gasteiger partial charge in [-0.25, -0.2) is 4.79 Å². The van der Waals surface area contributed by atoms with Crippen molar-refractivity contribution in [2.75, 3.05) is 12.3 Å². The van der Waals surface area contributed by atoms with Crippen LogP contribution in [0.15, 0.2) is 0 Å². The van der Waals surface area contributed by atoms with Gasteiger partial charge in [0.15, 0.2) is 0 Å². The van der Waals surface area contributed by atoms with Crippen molar-refractivity contribution in [1.82, 2.24) is 16.0 Å². The third-order valence-electron chi connectivity index (χ3n) is 3.34. The Morgan fingerprint density at radius 2 is 1.56 bits per heavy atom. The summed E-state index contributed by atoms with van der Waals surface area (Å²) in [6, 6.07) is -4.15. The van der Waals surface area contributed by atoms with E-state index in [1.807, 2.05) is 0 Å². The van der Waals surface area contributed by atoms with Crippen molar-refractivity contribution in [3.8, 4) is 0 Å². The highest BCUT2D eigenvalue weighted by atomic mass is 32.1. The Hall–Kier alpha value is -2.38. The second-order valence-electron chi connectivity index (χ2n) is 5.57. The molecular weight excluding hydrogens is 384 g/mol. The Morgan fingerprint density at radius 3 is 1.96 bits per heavy atom. The molecule has 0 aliphatic rings. The predicted molar refractivity (Wildman–Crippen MR) is 94.9 cm³/mol. The average Bonchev–Trinajstić information content (AvgIpc) is 2.59. The summed E-state index contributed by atoms with van der Waals surface area (Å²) >= 11 is 3.91. The fourth-order valence-electron chi connectivity index (χ4n) is 1.89. The molecule has 0 aliphatic carbocycles. The second-order valence-corrected chi connectivity index (χ2v) is 5.93. The first kappa shape index (κ1) is 24.6. The number of nitrogens with two attached hydrogens (primary N) is 1. The number of nitrogens with one attached hydrogen (secondary N) is 3. The fourth-order valence-corrected chi connectivity index (χ4v) is 2.15. The van der Waals surface area contributed by atoms with E-state index in [4.69, 9.17) is 15.9 Å². The van der Waals surface area contributed by atoms with E-state index in [0.717, 1.165) is 0 Å². The fraction of sp³-hybridized carbons (Fsp3) is 0.643. The van der Waals surface area contributed by atoms with E-state index in [2.05, 4.69) is 28.6 Å². The van der Waals surface area contributed by atoms with Crippen LogP contribution in [-0.4, -0.2) is 81.5 Å². The maximum Gasteiger partial charge on any atom is 0.326 e. The van der Waals surface area contributed by atoms with Crippen LogP contribution in [0.5, 0.6) is 0 Å². The van der Waals surface area contributed by atoms with Gasteiger partial charge in [-0.2, -0.15) is 12.6 Å². The first-order chi connectivity index (χ1) is 12.5. The Morgan fingerprint density at radius 1 is 1.00 bits per heavy atom. The van der Waals surface area contributed by atoms with Gasteiger partial charge in [-0.1, -0.05) is 0 Å². The number of carbonyl (C=O) groups is 5. The number of aliphatic carboxylic acids is 2. The van der Waals surface area contributed by atoms with Crippen LogP contribution in [0.3, 0.4) is 0 Å². The van der Waals surface area contributed by atoms with Crippen molar-refractivity contribution in [2.24, 2.45) is 5.73 Å². The maximum absolute atomic E-state index is 12.2. The Balaban J connectivity index is 5.03. The number of carbonyl (C=O) groups excluding carboxylic acids is 3. The molecule has 0 aromatic rings. The number of amides is 3. The average molecular weight is 408 g/mol. The number of hydrogen-bond acceptors (Lipinski definition) is 8. The number of thiol groups is 1. The summed E-state index contributed by atoms with van der Waals surface area (Å²) < 4.78 is 0. The van der Waals surface area contributed by atoms with Crippen molar-refractivity contribution in [3.63, 3.8) is 0 Å². The molecule has 4 unspecified atom stereocenters. The largest absolute Gasteiger partial charge is 0.481 e. The molecule has 8 N–H and O–H groups in total. The van der Waals surface area contributed by atoms with E-state index in [1.54, 1.807) is 0 Å². The second kappa shape index (κ2) is 12.1. The molecular formula is C14H24N4O8S. The lowest BCUT2D eigenvalue weighted by atomic mass is 10.1. The standard InChI is InChI=1S/C14H24N4O8S/c1-6(19)11(18-9(20)4-15)13(24)17-8(5-27)12(23)16-7(14(25)26)2-3-10(21)22/h6-8,11,19,27H,2-5,15H2,1H3,(H,16,23)(H,17,24)(H,18,20)(H,21,22)(H,25,26). The number of hydrogen-bond donors (Lipinski definition) is 8. The monoisotopic (exact) mass is 408 g/mol. The minimum absolute atomic E-state index is 0.222. The summed E-state index contributed by atoms with van der Waals surface area (Å²) in [5.74, 6) is -5.41. The lowest BCUT2D eigenvalue weighted by molar-refractivity contribution is -0.143. The zero-order chi connectivity index (χ0) is 21.1. The maximum atomic E-state index is 12.2. The van der Waals surface area contributed by atoms with Crippen LogP contribution in [0.1, 0.15) is 19.8 Å². The van der Waals surface area contributed by atoms with Crippen molar-refractivity contribution in [2.45, 2.75) is 44.0 Å². The molecule has 154 valence electrons. The van der Waals surface area contributed by atoms with Crippen LogP contribution < -0.4 is 21.7 Å². The Bertz CT molecular complexity index is 571. The molecule has 0 fully saturated rings. The van der Waals surface area contributed by atoms with Gasteiger partial charge in [-0.3, -0.25) is 19.2 Å². The number of aliphatic hydroxyl groups is 1. The van der Waals surface area contributed by atoms with Crippen molar-refractivity contribution in [3.05, 3.63) is 0 Å². The summed E-state index contributed by atoms with van der Waals surface area (Å²) in [6.07, 6.45) is -2.14. The number of carboxylic acid groups (broad SMARTS) is 2. The van der Waals surface area contributed by atoms with E-state index >= 15 is 0 Å². The highest BCUT2D eigenvalue weighted by Crippen LogP contribution is 2.01. The molecule has 0 saturated carbocycles. The van der Waals surface area contributed by atoms with Crippen LogP contribution >= 0.6 is 12.6 Å². The highest BCUT2D eigenvalue weighted by molar-refractivity contribution is 7.80. The molecule has 0 aliphatic heterocycles. The summed E-state index contributed by atoms with van der Waals surface area (Å²) in [6.45, 7) is 0.819. The molecule has 0 radical (unpaired) electrons. The number of aliphatic hydroxyl groups excluding tert-OH is 1. The van der Waals surface area contributed by atoms with Crippen LogP contribution in [0.4, 0.5) is 0 Å². The minimum Gasteiger partial charge on any atom is -0.481 e. The molecule has 0 rings (SSSR count). The lowest BCUT2D eigenvalue weighted by Gasteiger charge is -2.24. The predicted octanol–water partition coefficient (Wildman–Crippen LogP) is -3.34. The number of rotatable bonds is 12. The third kappa shape index (κ3) is 9.21. The number of carboxylic acids is 2. The summed E-state index contributed by atoms with van der Waals surface area (Å²) in [4.78, 5) is 57.4. The first-order valence-corrected chi connectivity index (χ1v) is 8.50. The van der Waals surface area contributed by atoms with Gasteiger partial charge in [0.05, 0.1) is 12.6 Å².